The largest absolute Gasteiger partial charge is 0.385 e. The van der Waals surface area contributed by atoms with Crippen LogP contribution in [0.5, 0.6) is 0 Å². The number of aromatic nitrogens is 1. The van der Waals surface area contributed by atoms with E-state index in [1.54, 1.807) is 6.20 Å². The molecule has 20 heavy (non-hydrogen) atoms. The zero-order valence-electron chi connectivity index (χ0n) is 12.2. The van der Waals surface area contributed by atoms with E-state index in [0.717, 1.165) is 42.3 Å². The lowest BCUT2D eigenvalue weighted by atomic mass is 9.82. The minimum Gasteiger partial charge on any atom is -0.385 e. The highest BCUT2D eigenvalue weighted by Crippen LogP contribution is 2.37. The van der Waals surface area contributed by atoms with Gasteiger partial charge in [-0.25, -0.2) is 0 Å². The molecule has 1 aromatic carbocycles. The van der Waals surface area contributed by atoms with Crippen LogP contribution in [0.25, 0.3) is 10.8 Å². The van der Waals surface area contributed by atoms with E-state index in [9.17, 15) is 5.11 Å². The number of benzene rings is 1. The number of hydrogen-bond acceptors (Lipinski definition) is 3. The Bertz CT molecular complexity index is 595. The molecule has 0 unspecified atom stereocenters. The Balaban J connectivity index is 1.95. The molecular weight excluding hydrogens is 248 g/mol. The minimum absolute atomic E-state index is 0.552. The van der Waals surface area contributed by atoms with Crippen LogP contribution in [0.4, 0.5) is 0 Å². The molecule has 0 bridgehead atoms. The Hall–Kier alpha value is -1.45. The predicted molar refractivity (Wildman–Crippen MR) is 81.6 cm³/mol. The average Bonchev–Trinajstić information content (AvgIpc) is 2.47. The van der Waals surface area contributed by atoms with E-state index in [1.807, 2.05) is 18.3 Å². The number of nitrogens with zero attached hydrogens (tertiary/aromatic N) is 2. The third-order valence-electron chi connectivity index (χ3n) is 4.54. The van der Waals surface area contributed by atoms with Crippen molar-refractivity contribution in [3.05, 3.63) is 42.2 Å². The number of rotatable bonds is 2. The van der Waals surface area contributed by atoms with Crippen molar-refractivity contribution in [1.82, 2.24) is 9.88 Å². The van der Waals surface area contributed by atoms with Crippen LogP contribution in [0.3, 0.4) is 0 Å². The molecule has 1 aliphatic heterocycles. The highest BCUT2D eigenvalue weighted by atomic mass is 16.3. The SMILES string of the molecule is CC(C)N1CCC(O)(c2cccc3cnccc23)CC1. The van der Waals surface area contributed by atoms with Crippen molar-refractivity contribution >= 4 is 10.8 Å². The van der Waals surface area contributed by atoms with Crippen molar-refractivity contribution in [3.63, 3.8) is 0 Å². The lowest BCUT2D eigenvalue weighted by Gasteiger charge is -2.40. The molecular formula is C17H22N2O. The zero-order valence-corrected chi connectivity index (χ0v) is 12.2. The van der Waals surface area contributed by atoms with Crippen LogP contribution in [0.1, 0.15) is 32.3 Å². The Labute approximate surface area is 120 Å². The van der Waals surface area contributed by atoms with Crippen molar-refractivity contribution < 1.29 is 5.11 Å². The molecule has 0 radical (unpaired) electrons. The predicted octanol–water partition coefficient (Wildman–Crippen LogP) is 2.93. The molecule has 1 N–H and O–H groups in total. The number of pyridine rings is 1. The Morgan fingerprint density at radius 1 is 1.20 bits per heavy atom. The van der Waals surface area contributed by atoms with Crippen LogP contribution in [-0.4, -0.2) is 34.1 Å². The number of piperidine rings is 1. The molecule has 2 heterocycles. The molecule has 3 rings (SSSR count). The van der Waals surface area contributed by atoms with Gasteiger partial charge in [-0.1, -0.05) is 18.2 Å². The third kappa shape index (κ3) is 2.32. The fourth-order valence-electron chi connectivity index (χ4n) is 3.21. The maximum Gasteiger partial charge on any atom is 0.0926 e. The molecule has 0 spiro atoms. The fourth-order valence-corrected chi connectivity index (χ4v) is 3.21. The quantitative estimate of drug-likeness (QED) is 0.911. The van der Waals surface area contributed by atoms with Gasteiger partial charge in [0.05, 0.1) is 5.60 Å². The summed E-state index contributed by atoms with van der Waals surface area (Å²) < 4.78 is 0. The zero-order chi connectivity index (χ0) is 14.2. The lowest BCUT2D eigenvalue weighted by molar-refractivity contribution is -0.0312. The number of likely N-dealkylation sites (tertiary alicyclic amines) is 1. The van der Waals surface area contributed by atoms with Crippen molar-refractivity contribution in [3.8, 4) is 0 Å². The Kier molecular flexibility index (Phi) is 3.48. The van der Waals surface area contributed by atoms with Gasteiger partial charge in [-0.15, -0.1) is 0 Å². The van der Waals surface area contributed by atoms with Crippen molar-refractivity contribution in [1.29, 1.82) is 0 Å². The highest BCUT2D eigenvalue weighted by molar-refractivity contribution is 5.85. The second-order valence-electron chi connectivity index (χ2n) is 6.06. The summed E-state index contributed by atoms with van der Waals surface area (Å²) in [5.41, 5.74) is 0.354. The number of fused-ring (bicyclic) bond motifs is 1. The molecule has 3 nitrogen and oxygen atoms in total. The van der Waals surface area contributed by atoms with Crippen LogP contribution in [0.2, 0.25) is 0 Å². The standard InChI is InChI=1S/C17H22N2O/c1-13(2)19-10-7-17(20,8-11-19)16-5-3-4-14-12-18-9-6-15(14)16/h3-6,9,12-13,20H,7-8,10-11H2,1-2H3. The fraction of sp³-hybridized carbons (Fsp3) is 0.471. The second kappa shape index (κ2) is 5.15. The van der Waals surface area contributed by atoms with Gasteiger partial charge in [-0.3, -0.25) is 4.98 Å². The summed E-state index contributed by atoms with van der Waals surface area (Å²) in [7, 11) is 0. The monoisotopic (exact) mass is 270 g/mol. The van der Waals surface area contributed by atoms with Crippen molar-refractivity contribution in [2.24, 2.45) is 0 Å². The normalized spacial score (nSPS) is 19.6. The molecule has 0 atom stereocenters. The van der Waals surface area contributed by atoms with Gasteiger partial charge in [0.15, 0.2) is 0 Å². The Morgan fingerprint density at radius 2 is 1.95 bits per heavy atom. The van der Waals surface area contributed by atoms with Crippen molar-refractivity contribution in [2.45, 2.75) is 38.3 Å². The smallest absolute Gasteiger partial charge is 0.0926 e. The Morgan fingerprint density at radius 3 is 2.65 bits per heavy atom. The van der Waals surface area contributed by atoms with Crippen molar-refractivity contribution in [2.75, 3.05) is 13.1 Å². The molecule has 0 amide bonds. The van der Waals surface area contributed by atoms with E-state index in [1.165, 1.54) is 0 Å². The van der Waals surface area contributed by atoms with Crippen LogP contribution >= 0.6 is 0 Å². The van der Waals surface area contributed by atoms with Gasteiger partial charge in [-0.05, 0) is 43.7 Å². The molecule has 1 fully saturated rings. The summed E-state index contributed by atoms with van der Waals surface area (Å²) in [5, 5.41) is 13.3. The van der Waals surface area contributed by atoms with E-state index >= 15 is 0 Å². The molecule has 1 saturated heterocycles. The van der Waals surface area contributed by atoms with E-state index in [2.05, 4.69) is 35.9 Å². The average molecular weight is 270 g/mol. The molecule has 106 valence electrons. The molecule has 2 aromatic rings. The van der Waals surface area contributed by atoms with Gasteiger partial charge in [0.1, 0.15) is 0 Å². The molecule has 0 aliphatic carbocycles. The first-order chi connectivity index (χ1) is 9.60. The molecule has 1 aliphatic rings. The van der Waals surface area contributed by atoms with E-state index in [4.69, 9.17) is 0 Å². The van der Waals surface area contributed by atoms with Gasteiger partial charge in [0, 0.05) is 36.9 Å². The number of hydrogen-bond donors (Lipinski definition) is 1. The third-order valence-corrected chi connectivity index (χ3v) is 4.54. The highest BCUT2D eigenvalue weighted by Gasteiger charge is 2.35. The van der Waals surface area contributed by atoms with Gasteiger partial charge in [0.25, 0.3) is 0 Å². The minimum atomic E-state index is -0.702. The van der Waals surface area contributed by atoms with Crippen LogP contribution in [0.15, 0.2) is 36.7 Å². The van der Waals surface area contributed by atoms with Gasteiger partial charge >= 0.3 is 0 Å². The topological polar surface area (TPSA) is 36.4 Å². The second-order valence-corrected chi connectivity index (χ2v) is 6.06. The van der Waals surface area contributed by atoms with Crippen LogP contribution in [-0.2, 0) is 5.60 Å². The number of aliphatic hydroxyl groups is 1. The summed E-state index contributed by atoms with van der Waals surface area (Å²) in [6.07, 6.45) is 5.27. The maximum atomic E-state index is 11.1. The maximum absolute atomic E-state index is 11.1. The van der Waals surface area contributed by atoms with Gasteiger partial charge in [0.2, 0.25) is 0 Å². The first-order valence-electron chi connectivity index (χ1n) is 7.40. The molecule has 0 saturated carbocycles. The van der Waals surface area contributed by atoms with Crippen LogP contribution < -0.4 is 0 Å². The summed E-state index contributed by atoms with van der Waals surface area (Å²) in [5.74, 6) is 0. The first-order valence-corrected chi connectivity index (χ1v) is 7.40. The van der Waals surface area contributed by atoms with E-state index < -0.39 is 5.60 Å². The summed E-state index contributed by atoms with van der Waals surface area (Å²) in [6, 6.07) is 8.70. The summed E-state index contributed by atoms with van der Waals surface area (Å²) in [6.45, 7) is 6.34. The van der Waals surface area contributed by atoms with Gasteiger partial charge < -0.3 is 10.0 Å². The van der Waals surface area contributed by atoms with Crippen LogP contribution in [0, 0.1) is 0 Å². The van der Waals surface area contributed by atoms with Gasteiger partial charge in [-0.2, -0.15) is 0 Å². The first kappa shape index (κ1) is 13.5. The summed E-state index contributed by atoms with van der Waals surface area (Å²) >= 11 is 0. The van der Waals surface area contributed by atoms with E-state index in [0.29, 0.717) is 6.04 Å². The summed E-state index contributed by atoms with van der Waals surface area (Å²) in [4.78, 5) is 6.60. The van der Waals surface area contributed by atoms with E-state index in [-0.39, 0.29) is 0 Å². The molecule has 1 aromatic heterocycles. The molecule has 3 heteroatoms. The lowest BCUT2D eigenvalue weighted by Crippen LogP contribution is -2.45.